The Morgan fingerprint density at radius 2 is 1.86 bits per heavy atom. The predicted molar refractivity (Wildman–Crippen MR) is 111 cm³/mol. The van der Waals surface area contributed by atoms with Gasteiger partial charge >= 0.3 is 0 Å². The summed E-state index contributed by atoms with van der Waals surface area (Å²) in [5.74, 6) is 0.236. The molecule has 0 bridgehead atoms. The molecular weight excluding hydrogens is 424 g/mol. The van der Waals surface area contributed by atoms with Crippen LogP contribution in [0, 0.1) is 0 Å². The second-order valence-electron chi connectivity index (χ2n) is 6.13. The third-order valence-corrected chi connectivity index (χ3v) is 4.93. The van der Waals surface area contributed by atoms with Crippen LogP contribution in [0.25, 0.3) is 6.08 Å². The lowest BCUT2D eigenvalue weighted by atomic mass is 10.1. The zero-order chi connectivity index (χ0) is 20.3. The summed E-state index contributed by atoms with van der Waals surface area (Å²) in [4.78, 5) is 25.2. The van der Waals surface area contributed by atoms with Crippen molar-refractivity contribution < 1.29 is 19.1 Å². The van der Waals surface area contributed by atoms with Gasteiger partial charge in [-0.3, -0.25) is 15.0 Å². The number of hydrogen-bond acceptors (Lipinski definition) is 4. The van der Waals surface area contributed by atoms with E-state index in [4.69, 9.17) is 9.47 Å². The number of aryl methyl sites for hydroxylation is 1. The molecule has 1 aliphatic heterocycles. The highest BCUT2D eigenvalue weighted by molar-refractivity contribution is 9.10. The third kappa shape index (κ3) is 3.89. The molecule has 0 aromatic heterocycles. The molecular formula is C21H21BrN2O4. The number of halogens is 1. The van der Waals surface area contributed by atoms with Gasteiger partial charge in [0.15, 0.2) is 11.5 Å². The summed E-state index contributed by atoms with van der Waals surface area (Å²) in [5.41, 5.74) is 5.08. The minimum Gasteiger partial charge on any atom is -0.493 e. The molecule has 0 atom stereocenters. The molecule has 0 unspecified atom stereocenters. The molecule has 1 aliphatic rings. The van der Waals surface area contributed by atoms with Gasteiger partial charge in [0.1, 0.15) is 5.57 Å². The van der Waals surface area contributed by atoms with Crippen LogP contribution in [-0.2, 0) is 16.0 Å². The lowest BCUT2D eigenvalue weighted by Crippen LogP contribution is -2.35. The van der Waals surface area contributed by atoms with Gasteiger partial charge in [-0.1, -0.05) is 19.1 Å². The Morgan fingerprint density at radius 1 is 1.14 bits per heavy atom. The Bertz CT molecular complexity index is 938. The molecule has 146 valence electrons. The van der Waals surface area contributed by atoms with Crippen molar-refractivity contribution in [2.24, 2.45) is 0 Å². The van der Waals surface area contributed by atoms with Crippen molar-refractivity contribution in [2.75, 3.05) is 18.7 Å². The minimum atomic E-state index is -0.450. The number of hydrazine groups is 1. The molecule has 1 heterocycles. The Hall–Kier alpha value is -2.80. The number of nitrogens with zero attached hydrogens (tertiary/aromatic N) is 1. The van der Waals surface area contributed by atoms with E-state index in [2.05, 4.69) is 28.3 Å². The van der Waals surface area contributed by atoms with E-state index in [1.165, 1.54) is 12.1 Å². The fourth-order valence-electron chi connectivity index (χ4n) is 2.89. The second kappa shape index (κ2) is 8.48. The van der Waals surface area contributed by atoms with Crippen molar-refractivity contribution in [3.63, 3.8) is 0 Å². The molecule has 0 radical (unpaired) electrons. The number of methoxy groups -OCH3 is 1. The first-order valence-electron chi connectivity index (χ1n) is 8.94. The summed E-state index contributed by atoms with van der Waals surface area (Å²) in [6, 6.07) is 11.0. The number of anilines is 1. The number of carbonyl (C=O) groups excluding carboxylic acids is 2. The van der Waals surface area contributed by atoms with Crippen LogP contribution in [0.1, 0.15) is 25.0 Å². The van der Waals surface area contributed by atoms with Gasteiger partial charge < -0.3 is 9.47 Å². The van der Waals surface area contributed by atoms with Crippen molar-refractivity contribution in [3.8, 4) is 11.5 Å². The molecule has 3 rings (SSSR count). The number of carbonyl (C=O) groups is 2. The number of rotatable bonds is 6. The zero-order valence-electron chi connectivity index (χ0n) is 15.9. The Balaban J connectivity index is 1.92. The van der Waals surface area contributed by atoms with Crippen LogP contribution < -0.4 is 19.9 Å². The SMILES string of the molecule is CCOc1c(Br)cc(/C=C2/C(=O)NN(c3ccc(CC)cc3)C2=O)cc1OC. The van der Waals surface area contributed by atoms with Crippen molar-refractivity contribution in [1.82, 2.24) is 5.43 Å². The van der Waals surface area contributed by atoms with Crippen LogP contribution in [0.4, 0.5) is 5.69 Å². The van der Waals surface area contributed by atoms with Crippen molar-refractivity contribution in [2.45, 2.75) is 20.3 Å². The highest BCUT2D eigenvalue weighted by atomic mass is 79.9. The van der Waals surface area contributed by atoms with Gasteiger partial charge in [0.05, 0.1) is 23.9 Å². The molecule has 1 N–H and O–H groups in total. The molecule has 2 amide bonds. The Labute approximate surface area is 172 Å². The van der Waals surface area contributed by atoms with Gasteiger partial charge in [0.2, 0.25) is 0 Å². The van der Waals surface area contributed by atoms with E-state index >= 15 is 0 Å². The minimum absolute atomic E-state index is 0.0534. The lowest BCUT2D eigenvalue weighted by Gasteiger charge is -2.15. The van der Waals surface area contributed by atoms with Crippen LogP contribution in [0.3, 0.4) is 0 Å². The molecule has 1 fully saturated rings. The summed E-state index contributed by atoms with van der Waals surface area (Å²) in [6.07, 6.45) is 2.45. The number of hydrogen-bond donors (Lipinski definition) is 1. The van der Waals surface area contributed by atoms with Crippen LogP contribution >= 0.6 is 15.9 Å². The maximum Gasteiger partial charge on any atom is 0.282 e. The number of amides is 2. The fourth-order valence-corrected chi connectivity index (χ4v) is 3.47. The van der Waals surface area contributed by atoms with E-state index in [1.807, 2.05) is 31.2 Å². The van der Waals surface area contributed by atoms with Gasteiger partial charge in [-0.2, -0.15) is 0 Å². The second-order valence-corrected chi connectivity index (χ2v) is 6.98. The van der Waals surface area contributed by atoms with Gasteiger partial charge in [-0.05, 0) is 70.7 Å². The Morgan fingerprint density at radius 3 is 2.46 bits per heavy atom. The zero-order valence-corrected chi connectivity index (χ0v) is 17.5. The normalized spacial score (nSPS) is 15.1. The number of benzene rings is 2. The smallest absolute Gasteiger partial charge is 0.282 e. The van der Waals surface area contributed by atoms with Gasteiger partial charge in [-0.15, -0.1) is 0 Å². The monoisotopic (exact) mass is 444 g/mol. The first-order valence-corrected chi connectivity index (χ1v) is 9.74. The van der Waals surface area contributed by atoms with Gasteiger partial charge in [-0.25, -0.2) is 5.01 Å². The predicted octanol–water partition coefficient (Wildman–Crippen LogP) is 3.88. The van der Waals surface area contributed by atoms with Crippen molar-refractivity contribution in [1.29, 1.82) is 0 Å². The molecule has 28 heavy (non-hydrogen) atoms. The van der Waals surface area contributed by atoms with Crippen molar-refractivity contribution in [3.05, 3.63) is 57.6 Å². The number of nitrogens with one attached hydrogen (secondary N) is 1. The fraction of sp³-hybridized carbons (Fsp3) is 0.238. The van der Waals surface area contributed by atoms with E-state index in [-0.39, 0.29) is 5.57 Å². The van der Waals surface area contributed by atoms with Crippen LogP contribution in [-0.4, -0.2) is 25.5 Å². The van der Waals surface area contributed by atoms with E-state index in [0.717, 1.165) is 12.0 Å². The largest absolute Gasteiger partial charge is 0.493 e. The molecule has 2 aromatic rings. The van der Waals surface area contributed by atoms with Crippen molar-refractivity contribution >= 4 is 39.5 Å². The van der Waals surface area contributed by atoms with Gasteiger partial charge in [0, 0.05) is 0 Å². The molecule has 6 nitrogen and oxygen atoms in total. The first kappa shape index (κ1) is 19.9. The van der Waals surface area contributed by atoms with Crippen LogP contribution in [0.5, 0.6) is 11.5 Å². The summed E-state index contributed by atoms with van der Waals surface area (Å²) in [5, 5.41) is 1.26. The van der Waals surface area contributed by atoms with Crippen LogP contribution in [0.2, 0.25) is 0 Å². The molecule has 0 saturated carbocycles. The molecule has 1 saturated heterocycles. The maximum atomic E-state index is 12.8. The third-order valence-electron chi connectivity index (χ3n) is 4.35. The summed E-state index contributed by atoms with van der Waals surface area (Å²) < 4.78 is 11.6. The number of ether oxygens (including phenoxy) is 2. The highest BCUT2D eigenvalue weighted by Gasteiger charge is 2.34. The Kier molecular flexibility index (Phi) is 6.04. The van der Waals surface area contributed by atoms with E-state index in [9.17, 15) is 9.59 Å². The standard InChI is InChI=1S/C21H21BrN2O4/c1-4-13-6-8-15(9-7-13)24-21(26)16(20(25)23-24)10-14-11-17(22)19(28-5-2)18(12-14)27-3/h6-12H,4-5H2,1-3H3,(H,23,25)/b16-10-. The maximum absolute atomic E-state index is 12.8. The van der Waals surface area contributed by atoms with E-state index < -0.39 is 11.8 Å². The lowest BCUT2D eigenvalue weighted by molar-refractivity contribution is -0.117. The topological polar surface area (TPSA) is 67.9 Å². The molecule has 2 aromatic carbocycles. The molecule has 0 aliphatic carbocycles. The average molecular weight is 445 g/mol. The van der Waals surface area contributed by atoms with Gasteiger partial charge in [0.25, 0.3) is 11.8 Å². The average Bonchev–Trinajstić information content (AvgIpc) is 2.98. The van der Waals surface area contributed by atoms with E-state index in [1.54, 1.807) is 18.2 Å². The van der Waals surface area contributed by atoms with E-state index in [0.29, 0.717) is 33.8 Å². The summed E-state index contributed by atoms with van der Waals surface area (Å²) in [7, 11) is 1.54. The highest BCUT2D eigenvalue weighted by Crippen LogP contribution is 2.37. The summed E-state index contributed by atoms with van der Waals surface area (Å²) in [6.45, 7) is 4.43. The first-order chi connectivity index (χ1) is 13.5. The summed E-state index contributed by atoms with van der Waals surface area (Å²) >= 11 is 3.45. The van der Waals surface area contributed by atoms with Crippen LogP contribution in [0.15, 0.2) is 46.4 Å². The molecule has 0 spiro atoms. The quantitative estimate of drug-likeness (QED) is 0.542. The molecule has 7 heteroatoms.